The Kier molecular flexibility index (Phi) is 2.81. The van der Waals surface area contributed by atoms with Gasteiger partial charge in [-0.05, 0) is 35.6 Å². The maximum Gasteiger partial charge on any atom is 0.231 e. The fraction of sp³-hybridized carbons (Fsp3) is 0.250. The molecule has 1 N–H and O–H groups in total. The molecule has 2 unspecified atom stereocenters. The van der Waals surface area contributed by atoms with Crippen LogP contribution in [0.15, 0.2) is 42.0 Å². The van der Waals surface area contributed by atoms with Crippen LogP contribution in [0.4, 0.5) is 5.95 Å². The van der Waals surface area contributed by atoms with Crippen molar-refractivity contribution in [1.82, 2.24) is 14.8 Å². The van der Waals surface area contributed by atoms with Crippen molar-refractivity contribution in [2.75, 3.05) is 12.1 Å². The lowest BCUT2D eigenvalue weighted by Gasteiger charge is -2.31. The number of nitrogens with zero attached hydrogens (tertiary/aromatic N) is 3. The molecule has 0 bridgehead atoms. The maximum absolute atomic E-state index is 5.50. The predicted molar refractivity (Wildman–Crippen MR) is 86.0 cm³/mol. The van der Waals surface area contributed by atoms with Gasteiger partial charge in [-0.25, -0.2) is 4.68 Å². The van der Waals surface area contributed by atoms with Crippen molar-refractivity contribution in [3.63, 3.8) is 0 Å². The maximum atomic E-state index is 5.50. The zero-order valence-electron chi connectivity index (χ0n) is 12.2. The molecule has 0 amide bonds. The zero-order chi connectivity index (χ0) is 15.2. The van der Waals surface area contributed by atoms with Gasteiger partial charge in [0.05, 0.1) is 12.1 Å². The van der Waals surface area contributed by atoms with Crippen molar-refractivity contribution in [2.45, 2.75) is 18.5 Å². The number of rotatable bonds is 2. The highest BCUT2D eigenvalue weighted by atomic mass is 32.1. The quantitative estimate of drug-likeness (QED) is 0.783. The third-order valence-corrected chi connectivity index (χ3v) is 5.27. The first-order chi connectivity index (χ1) is 11.4. The minimum Gasteiger partial charge on any atom is -0.454 e. The van der Waals surface area contributed by atoms with Crippen LogP contribution >= 0.6 is 11.3 Å². The second-order valence-corrected chi connectivity index (χ2v) is 6.58. The van der Waals surface area contributed by atoms with Gasteiger partial charge in [0.25, 0.3) is 0 Å². The molecule has 0 fully saturated rings. The monoisotopic (exact) mass is 326 g/mol. The molecule has 0 saturated carbocycles. The molecule has 2 aliphatic rings. The van der Waals surface area contributed by atoms with E-state index in [1.165, 1.54) is 10.4 Å². The first kappa shape index (κ1) is 13.0. The summed E-state index contributed by atoms with van der Waals surface area (Å²) in [6.07, 6.45) is 2.52. The summed E-state index contributed by atoms with van der Waals surface area (Å²) in [4.78, 5) is 5.65. The Labute approximate surface area is 136 Å². The molecule has 4 heterocycles. The van der Waals surface area contributed by atoms with Gasteiger partial charge in [-0.2, -0.15) is 10.1 Å². The minimum atomic E-state index is 0.160. The van der Waals surface area contributed by atoms with E-state index in [0.717, 1.165) is 23.9 Å². The van der Waals surface area contributed by atoms with E-state index in [1.807, 2.05) is 10.7 Å². The standard InChI is InChI=1S/C16H14N4O2S/c1-2-15(23-5-1)12-7-11(19-16-17-8-18-20(12)16)10-3-4-13-14(6-10)22-9-21-13/h1-6,8,11-12H,7,9H2,(H,17,18,19). The normalized spacial score (nSPS) is 21.7. The second-order valence-electron chi connectivity index (χ2n) is 5.60. The van der Waals surface area contributed by atoms with E-state index in [2.05, 4.69) is 45.0 Å². The van der Waals surface area contributed by atoms with Crippen LogP contribution in [-0.4, -0.2) is 21.6 Å². The molecule has 0 saturated heterocycles. The van der Waals surface area contributed by atoms with Crippen LogP contribution in [0.2, 0.25) is 0 Å². The lowest BCUT2D eigenvalue weighted by atomic mass is 9.96. The van der Waals surface area contributed by atoms with Crippen molar-refractivity contribution in [3.05, 3.63) is 52.5 Å². The number of nitrogens with one attached hydrogen (secondary N) is 1. The summed E-state index contributed by atoms with van der Waals surface area (Å²) in [6.45, 7) is 0.295. The van der Waals surface area contributed by atoms with Crippen LogP contribution in [0.5, 0.6) is 11.5 Å². The molecule has 1 aromatic carbocycles. The van der Waals surface area contributed by atoms with Crippen molar-refractivity contribution in [1.29, 1.82) is 0 Å². The molecule has 23 heavy (non-hydrogen) atoms. The molecule has 0 radical (unpaired) electrons. The van der Waals surface area contributed by atoms with Crippen LogP contribution in [0.25, 0.3) is 0 Å². The number of hydrogen-bond acceptors (Lipinski definition) is 6. The Morgan fingerprint density at radius 2 is 2.17 bits per heavy atom. The third kappa shape index (κ3) is 2.08. The molecule has 2 atom stereocenters. The van der Waals surface area contributed by atoms with E-state index in [0.29, 0.717) is 6.79 Å². The minimum absolute atomic E-state index is 0.160. The Morgan fingerprint density at radius 3 is 3.09 bits per heavy atom. The molecule has 6 nitrogen and oxygen atoms in total. The van der Waals surface area contributed by atoms with Crippen LogP contribution < -0.4 is 14.8 Å². The van der Waals surface area contributed by atoms with E-state index in [1.54, 1.807) is 17.7 Å². The smallest absolute Gasteiger partial charge is 0.231 e. The van der Waals surface area contributed by atoms with Gasteiger partial charge in [0.15, 0.2) is 11.5 Å². The molecule has 0 aliphatic carbocycles. The van der Waals surface area contributed by atoms with Crippen LogP contribution in [0, 0.1) is 0 Å². The van der Waals surface area contributed by atoms with Gasteiger partial charge in [0.2, 0.25) is 12.7 Å². The predicted octanol–water partition coefficient (Wildman–Crippen LogP) is 3.21. The molecule has 5 rings (SSSR count). The average molecular weight is 326 g/mol. The van der Waals surface area contributed by atoms with Crippen molar-refractivity contribution < 1.29 is 9.47 Å². The summed E-state index contributed by atoms with van der Waals surface area (Å²) in [5, 5.41) is 9.96. The van der Waals surface area contributed by atoms with Crippen LogP contribution in [0.1, 0.15) is 28.9 Å². The first-order valence-electron chi connectivity index (χ1n) is 7.47. The molecule has 7 heteroatoms. The average Bonchev–Trinajstić information content (AvgIpc) is 3.32. The summed E-state index contributed by atoms with van der Waals surface area (Å²) >= 11 is 1.75. The van der Waals surface area contributed by atoms with Gasteiger partial charge in [-0.1, -0.05) is 12.1 Å². The Hall–Kier alpha value is -2.54. The van der Waals surface area contributed by atoms with E-state index < -0.39 is 0 Å². The molecule has 2 aromatic heterocycles. The molecular weight excluding hydrogens is 312 g/mol. The Balaban J connectivity index is 1.53. The lowest BCUT2D eigenvalue weighted by molar-refractivity contribution is 0.174. The number of ether oxygens (including phenoxy) is 2. The van der Waals surface area contributed by atoms with Gasteiger partial charge in [0.1, 0.15) is 6.33 Å². The fourth-order valence-electron chi connectivity index (χ4n) is 3.19. The van der Waals surface area contributed by atoms with E-state index in [4.69, 9.17) is 9.47 Å². The highest BCUT2D eigenvalue weighted by Crippen LogP contribution is 2.41. The fourth-order valence-corrected chi connectivity index (χ4v) is 4.01. The van der Waals surface area contributed by atoms with Gasteiger partial charge >= 0.3 is 0 Å². The summed E-state index contributed by atoms with van der Waals surface area (Å²) in [6, 6.07) is 10.7. The molecule has 2 aliphatic heterocycles. The Morgan fingerprint density at radius 1 is 1.22 bits per heavy atom. The number of anilines is 1. The topological polar surface area (TPSA) is 61.2 Å². The molecule has 3 aromatic rings. The number of hydrogen-bond donors (Lipinski definition) is 1. The summed E-state index contributed by atoms with van der Waals surface area (Å²) in [7, 11) is 0. The van der Waals surface area contributed by atoms with Gasteiger partial charge in [0, 0.05) is 4.88 Å². The number of fused-ring (bicyclic) bond motifs is 2. The van der Waals surface area contributed by atoms with Gasteiger partial charge in [-0.15, -0.1) is 11.3 Å². The first-order valence-corrected chi connectivity index (χ1v) is 8.35. The van der Waals surface area contributed by atoms with Gasteiger partial charge < -0.3 is 14.8 Å². The molecule has 0 spiro atoms. The molecular formula is C16H14N4O2S. The number of benzene rings is 1. The second kappa shape index (κ2) is 4.99. The highest BCUT2D eigenvalue weighted by molar-refractivity contribution is 7.10. The largest absolute Gasteiger partial charge is 0.454 e. The third-order valence-electron chi connectivity index (χ3n) is 4.30. The van der Waals surface area contributed by atoms with E-state index >= 15 is 0 Å². The van der Waals surface area contributed by atoms with Gasteiger partial charge in [-0.3, -0.25) is 0 Å². The van der Waals surface area contributed by atoms with Crippen molar-refractivity contribution >= 4 is 17.3 Å². The summed E-state index contributed by atoms with van der Waals surface area (Å²) in [5.74, 6) is 2.42. The van der Waals surface area contributed by atoms with Crippen molar-refractivity contribution in [3.8, 4) is 11.5 Å². The van der Waals surface area contributed by atoms with Crippen LogP contribution in [-0.2, 0) is 0 Å². The van der Waals surface area contributed by atoms with E-state index in [9.17, 15) is 0 Å². The summed E-state index contributed by atoms with van der Waals surface area (Å²) < 4.78 is 12.9. The SMILES string of the molecule is c1csc(C2CC(c3ccc4c(c3)OCO4)Nc3ncnn32)c1. The Bertz CT molecular complexity index is 846. The number of aromatic nitrogens is 3. The highest BCUT2D eigenvalue weighted by Gasteiger charge is 2.31. The lowest BCUT2D eigenvalue weighted by Crippen LogP contribution is -2.27. The zero-order valence-corrected chi connectivity index (χ0v) is 13.0. The molecule has 116 valence electrons. The van der Waals surface area contributed by atoms with Crippen LogP contribution in [0.3, 0.4) is 0 Å². The number of thiophene rings is 1. The van der Waals surface area contributed by atoms with Crippen molar-refractivity contribution in [2.24, 2.45) is 0 Å². The van der Waals surface area contributed by atoms with E-state index in [-0.39, 0.29) is 12.1 Å². The summed E-state index contributed by atoms with van der Waals surface area (Å²) in [5.41, 5.74) is 1.17.